The number of para-hydroxylation sites is 1. The van der Waals surface area contributed by atoms with E-state index >= 15 is 0 Å². The Balaban J connectivity index is 2.26. The zero-order valence-electron chi connectivity index (χ0n) is 9.79. The fraction of sp³-hybridized carbons (Fsp3) is 0.0714. The summed E-state index contributed by atoms with van der Waals surface area (Å²) in [5.41, 5.74) is 1.28. The molecule has 2 aromatic carbocycles. The molecular formula is C14H10Cl2FNO. The van der Waals surface area contributed by atoms with Gasteiger partial charge in [-0.15, -0.1) is 11.6 Å². The molecule has 1 amide bonds. The summed E-state index contributed by atoms with van der Waals surface area (Å²) in [7, 11) is 0. The van der Waals surface area contributed by atoms with Crippen LogP contribution in [0.15, 0.2) is 42.5 Å². The molecule has 0 saturated heterocycles. The summed E-state index contributed by atoms with van der Waals surface area (Å²) in [6.45, 7) is 0. The maximum absolute atomic E-state index is 13.6. The third-order valence-electron chi connectivity index (χ3n) is 2.59. The quantitative estimate of drug-likeness (QED) is 0.832. The third-order valence-corrected chi connectivity index (χ3v) is 3.11. The first-order chi connectivity index (χ1) is 9.11. The van der Waals surface area contributed by atoms with Crippen molar-refractivity contribution in [2.75, 3.05) is 5.32 Å². The van der Waals surface area contributed by atoms with E-state index < -0.39 is 11.7 Å². The number of carbonyl (C=O) groups is 1. The van der Waals surface area contributed by atoms with Gasteiger partial charge in [-0.05, 0) is 29.8 Å². The van der Waals surface area contributed by atoms with Crippen molar-refractivity contribution in [3.8, 4) is 0 Å². The van der Waals surface area contributed by atoms with Crippen LogP contribution in [0.1, 0.15) is 15.9 Å². The second kappa shape index (κ2) is 6.04. The monoisotopic (exact) mass is 297 g/mol. The molecule has 98 valence electrons. The number of alkyl halides is 1. The van der Waals surface area contributed by atoms with Crippen molar-refractivity contribution in [3.63, 3.8) is 0 Å². The van der Waals surface area contributed by atoms with Gasteiger partial charge in [0.1, 0.15) is 5.82 Å². The first kappa shape index (κ1) is 13.8. The molecule has 1 N–H and O–H groups in total. The van der Waals surface area contributed by atoms with Crippen molar-refractivity contribution in [2.24, 2.45) is 0 Å². The van der Waals surface area contributed by atoms with Crippen LogP contribution in [0.3, 0.4) is 0 Å². The summed E-state index contributed by atoms with van der Waals surface area (Å²) in [5, 5.41) is 2.88. The second-order valence-electron chi connectivity index (χ2n) is 3.87. The van der Waals surface area contributed by atoms with E-state index in [2.05, 4.69) is 5.32 Å². The molecule has 0 aliphatic rings. The smallest absolute Gasteiger partial charge is 0.258 e. The van der Waals surface area contributed by atoms with E-state index in [0.29, 0.717) is 5.69 Å². The molecule has 0 radical (unpaired) electrons. The van der Waals surface area contributed by atoms with Gasteiger partial charge in [-0.1, -0.05) is 29.8 Å². The molecule has 2 aromatic rings. The molecular weight excluding hydrogens is 288 g/mol. The normalized spacial score (nSPS) is 10.3. The minimum Gasteiger partial charge on any atom is -0.322 e. The standard InChI is InChI=1S/C14H10Cl2FNO/c15-8-9-3-1-2-4-13(9)18-14(19)11-6-5-10(16)7-12(11)17/h1-7H,8H2,(H,18,19). The van der Waals surface area contributed by atoms with E-state index in [1.165, 1.54) is 12.1 Å². The van der Waals surface area contributed by atoms with Gasteiger partial charge in [-0.25, -0.2) is 4.39 Å². The van der Waals surface area contributed by atoms with Gasteiger partial charge < -0.3 is 5.32 Å². The number of anilines is 1. The summed E-state index contributed by atoms with van der Waals surface area (Å²) < 4.78 is 13.6. The lowest BCUT2D eigenvalue weighted by Gasteiger charge is -2.09. The van der Waals surface area contributed by atoms with Crippen LogP contribution in [-0.2, 0) is 5.88 Å². The average molecular weight is 298 g/mol. The highest BCUT2D eigenvalue weighted by atomic mass is 35.5. The van der Waals surface area contributed by atoms with Crippen molar-refractivity contribution >= 4 is 34.8 Å². The van der Waals surface area contributed by atoms with E-state index in [-0.39, 0.29) is 16.5 Å². The van der Waals surface area contributed by atoms with Crippen molar-refractivity contribution in [3.05, 3.63) is 64.4 Å². The fourth-order valence-corrected chi connectivity index (χ4v) is 2.01. The number of halogens is 3. The van der Waals surface area contributed by atoms with Crippen LogP contribution >= 0.6 is 23.2 Å². The molecule has 5 heteroatoms. The van der Waals surface area contributed by atoms with E-state index in [1.54, 1.807) is 18.2 Å². The maximum atomic E-state index is 13.6. The number of hydrogen-bond donors (Lipinski definition) is 1. The average Bonchev–Trinajstić information content (AvgIpc) is 2.39. The van der Waals surface area contributed by atoms with Crippen molar-refractivity contribution in [1.29, 1.82) is 0 Å². The lowest BCUT2D eigenvalue weighted by Crippen LogP contribution is -2.14. The van der Waals surface area contributed by atoms with Crippen LogP contribution in [0.2, 0.25) is 5.02 Å². The number of rotatable bonds is 3. The van der Waals surface area contributed by atoms with Crippen LogP contribution in [0, 0.1) is 5.82 Å². The number of carbonyl (C=O) groups excluding carboxylic acids is 1. The summed E-state index contributed by atoms with van der Waals surface area (Å²) in [5.74, 6) is -0.931. The zero-order valence-corrected chi connectivity index (χ0v) is 11.3. The van der Waals surface area contributed by atoms with Gasteiger partial charge in [0, 0.05) is 16.6 Å². The Morgan fingerprint density at radius 1 is 1.21 bits per heavy atom. The first-order valence-electron chi connectivity index (χ1n) is 5.52. The van der Waals surface area contributed by atoms with Gasteiger partial charge in [0.05, 0.1) is 5.56 Å². The minimum absolute atomic E-state index is 0.0613. The van der Waals surface area contributed by atoms with Gasteiger partial charge in [0.25, 0.3) is 5.91 Å². The molecule has 19 heavy (non-hydrogen) atoms. The van der Waals surface area contributed by atoms with Gasteiger partial charge in [0.2, 0.25) is 0 Å². The summed E-state index contributed by atoms with van der Waals surface area (Å²) in [6, 6.07) is 11.0. The number of amides is 1. The fourth-order valence-electron chi connectivity index (χ4n) is 1.62. The van der Waals surface area contributed by atoms with Crippen LogP contribution in [0.5, 0.6) is 0 Å². The predicted molar refractivity (Wildman–Crippen MR) is 75.4 cm³/mol. The molecule has 0 aliphatic carbocycles. The Labute approximate surface area is 120 Å². The third kappa shape index (κ3) is 3.25. The Bertz CT molecular complexity index is 616. The molecule has 2 nitrogen and oxygen atoms in total. The van der Waals surface area contributed by atoms with Gasteiger partial charge in [0.15, 0.2) is 0 Å². The lowest BCUT2D eigenvalue weighted by atomic mass is 10.1. The van der Waals surface area contributed by atoms with Crippen LogP contribution in [0.25, 0.3) is 0 Å². The largest absolute Gasteiger partial charge is 0.322 e. The first-order valence-corrected chi connectivity index (χ1v) is 6.43. The SMILES string of the molecule is O=C(Nc1ccccc1CCl)c1ccc(Cl)cc1F. The van der Waals surface area contributed by atoms with E-state index in [0.717, 1.165) is 11.6 Å². The highest BCUT2D eigenvalue weighted by Gasteiger charge is 2.13. The van der Waals surface area contributed by atoms with Gasteiger partial charge in [-0.3, -0.25) is 4.79 Å². The molecule has 2 rings (SSSR count). The van der Waals surface area contributed by atoms with E-state index in [4.69, 9.17) is 23.2 Å². The van der Waals surface area contributed by atoms with E-state index in [1.807, 2.05) is 6.07 Å². The Morgan fingerprint density at radius 2 is 1.95 bits per heavy atom. The van der Waals surface area contributed by atoms with Crippen molar-refractivity contribution in [2.45, 2.75) is 5.88 Å². The Hall–Kier alpha value is -1.58. The molecule has 0 bridgehead atoms. The predicted octanol–water partition coefficient (Wildman–Crippen LogP) is 4.47. The Kier molecular flexibility index (Phi) is 4.40. The molecule has 0 atom stereocenters. The van der Waals surface area contributed by atoms with Crippen molar-refractivity contribution < 1.29 is 9.18 Å². The molecule has 0 unspecified atom stereocenters. The minimum atomic E-state index is -0.659. The topological polar surface area (TPSA) is 29.1 Å². The summed E-state index contributed by atoms with van der Waals surface area (Å²) >= 11 is 11.4. The summed E-state index contributed by atoms with van der Waals surface area (Å²) in [4.78, 5) is 12.0. The molecule has 0 spiro atoms. The van der Waals surface area contributed by atoms with Gasteiger partial charge >= 0.3 is 0 Å². The molecule has 0 fully saturated rings. The highest BCUT2D eigenvalue weighted by molar-refractivity contribution is 6.30. The lowest BCUT2D eigenvalue weighted by molar-refractivity contribution is 0.102. The van der Waals surface area contributed by atoms with Crippen molar-refractivity contribution in [1.82, 2.24) is 0 Å². The van der Waals surface area contributed by atoms with E-state index in [9.17, 15) is 9.18 Å². The molecule has 0 saturated carbocycles. The molecule has 0 heterocycles. The number of hydrogen-bond acceptors (Lipinski definition) is 1. The van der Waals surface area contributed by atoms with Gasteiger partial charge in [-0.2, -0.15) is 0 Å². The number of nitrogens with one attached hydrogen (secondary N) is 1. The summed E-state index contributed by atoms with van der Waals surface area (Å²) in [6.07, 6.45) is 0. The molecule has 0 aromatic heterocycles. The van der Waals surface area contributed by atoms with Crippen LogP contribution in [0.4, 0.5) is 10.1 Å². The second-order valence-corrected chi connectivity index (χ2v) is 4.57. The van der Waals surface area contributed by atoms with Crippen LogP contribution < -0.4 is 5.32 Å². The highest BCUT2D eigenvalue weighted by Crippen LogP contribution is 2.20. The maximum Gasteiger partial charge on any atom is 0.258 e. The Morgan fingerprint density at radius 3 is 2.63 bits per heavy atom. The number of benzene rings is 2. The molecule has 0 aliphatic heterocycles. The zero-order chi connectivity index (χ0) is 13.8. The van der Waals surface area contributed by atoms with Crippen LogP contribution in [-0.4, -0.2) is 5.91 Å².